The Labute approximate surface area is 129 Å². The Morgan fingerprint density at radius 1 is 1.27 bits per heavy atom. The Balaban J connectivity index is 1.42. The molecule has 2 atom stereocenters. The van der Waals surface area contributed by atoms with Crippen LogP contribution in [0.15, 0.2) is 37.1 Å². The molecule has 114 valence electrons. The van der Waals surface area contributed by atoms with E-state index in [0.29, 0.717) is 17.6 Å². The van der Waals surface area contributed by atoms with E-state index in [0.717, 1.165) is 18.7 Å². The first kappa shape index (κ1) is 13.5. The maximum absolute atomic E-state index is 12.4. The number of imidazole rings is 1. The van der Waals surface area contributed by atoms with Crippen molar-refractivity contribution in [2.24, 2.45) is 0 Å². The monoisotopic (exact) mass is 297 g/mol. The average Bonchev–Trinajstić information content (AvgIpc) is 3.17. The quantitative estimate of drug-likeness (QED) is 0.895. The van der Waals surface area contributed by atoms with E-state index >= 15 is 0 Å². The number of rotatable bonds is 3. The van der Waals surface area contributed by atoms with Crippen LogP contribution in [0.25, 0.3) is 5.82 Å². The third kappa shape index (κ3) is 2.62. The van der Waals surface area contributed by atoms with Crippen molar-refractivity contribution in [3.8, 4) is 5.82 Å². The predicted molar refractivity (Wildman–Crippen MR) is 81.8 cm³/mol. The van der Waals surface area contributed by atoms with Gasteiger partial charge < -0.3 is 10.6 Å². The third-order valence-corrected chi connectivity index (χ3v) is 4.59. The van der Waals surface area contributed by atoms with E-state index in [-0.39, 0.29) is 11.9 Å². The molecule has 2 aromatic rings. The van der Waals surface area contributed by atoms with E-state index in [2.05, 4.69) is 20.6 Å². The van der Waals surface area contributed by atoms with Gasteiger partial charge in [0, 0.05) is 36.7 Å². The Hall–Kier alpha value is -2.21. The molecule has 6 nitrogen and oxygen atoms in total. The molecule has 2 aliphatic heterocycles. The SMILES string of the molecule is O=C(NC1CC2CCC(C1)N2)c1ccc(-n2ccnc2)nc1. The Morgan fingerprint density at radius 3 is 2.73 bits per heavy atom. The van der Waals surface area contributed by atoms with E-state index in [9.17, 15) is 4.79 Å². The number of pyridine rings is 1. The van der Waals surface area contributed by atoms with Gasteiger partial charge in [-0.1, -0.05) is 0 Å². The molecular formula is C16H19N5O. The van der Waals surface area contributed by atoms with Gasteiger partial charge in [0.25, 0.3) is 5.91 Å². The van der Waals surface area contributed by atoms with Crippen LogP contribution in [0.5, 0.6) is 0 Å². The van der Waals surface area contributed by atoms with E-state index < -0.39 is 0 Å². The summed E-state index contributed by atoms with van der Waals surface area (Å²) in [6.07, 6.45) is 11.4. The highest BCUT2D eigenvalue weighted by Crippen LogP contribution is 2.26. The van der Waals surface area contributed by atoms with Crippen LogP contribution in [0, 0.1) is 0 Å². The molecule has 2 saturated heterocycles. The minimum Gasteiger partial charge on any atom is -0.349 e. The van der Waals surface area contributed by atoms with Crippen molar-refractivity contribution in [3.05, 3.63) is 42.6 Å². The molecule has 2 fully saturated rings. The lowest BCUT2D eigenvalue weighted by Crippen LogP contribution is -2.48. The molecule has 2 unspecified atom stereocenters. The van der Waals surface area contributed by atoms with E-state index in [1.165, 1.54) is 12.8 Å². The summed E-state index contributed by atoms with van der Waals surface area (Å²) < 4.78 is 1.81. The van der Waals surface area contributed by atoms with Gasteiger partial charge in [0.15, 0.2) is 0 Å². The number of piperidine rings is 1. The van der Waals surface area contributed by atoms with Crippen molar-refractivity contribution in [3.63, 3.8) is 0 Å². The smallest absolute Gasteiger partial charge is 0.253 e. The highest BCUT2D eigenvalue weighted by molar-refractivity contribution is 5.94. The first-order valence-corrected chi connectivity index (χ1v) is 7.79. The number of nitrogens with one attached hydrogen (secondary N) is 2. The minimum atomic E-state index is -0.0315. The zero-order chi connectivity index (χ0) is 14.9. The minimum absolute atomic E-state index is 0.0315. The molecule has 2 aliphatic rings. The Morgan fingerprint density at radius 2 is 2.09 bits per heavy atom. The molecule has 4 rings (SSSR count). The van der Waals surface area contributed by atoms with Crippen LogP contribution in [0.2, 0.25) is 0 Å². The van der Waals surface area contributed by atoms with Crippen molar-refractivity contribution in [1.29, 1.82) is 0 Å². The van der Waals surface area contributed by atoms with E-state index in [1.807, 2.05) is 22.9 Å². The molecule has 2 N–H and O–H groups in total. The zero-order valence-electron chi connectivity index (χ0n) is 12.3. The summed E-state index contributed by atoms with van der Waals surface area (Å²) in [6.45, 7) is 0. The van der Waals surface area contributed by atoms with Crippen LogP contribution < -0.4 is 10.6 Å². The van der Waals surface area contributed by atoms with Crippen molar-refractivity contribution in [2.45, 2.75) is 43.8 Å². The lowest BCUT2D eigenvalue weighted by Gasteiger charge is -2.29. The largest absolute Gasteiger partial charge is 0.349 e. The second kappa shape index (κ2) is 5.53. The maximum atomic E-state index is 12.4. The van der Waals surface area contributed by atoms with Crippen LogP contribution in [-0.4, -0.2) is 38.6 Å². The van der Waals surface area contributed by atoms with Crippen molar-refractivity contribution < 1.29 is 4.79 Å². The molecule has 6 heteroatoms. The summed E-state index contributed by atoms with van der Waals surface area (Å²) in [6, 6.07) is 5.08. The fourth-order valence-electron chi connectivity index (χ4n) is 3.51. The molecule has 22 heavy (non-hydrogen) atoms. The standard InChI is InChI=1S/C16H19N5O/c22-16(20-14-7-12-2-3-13(8-14)19-12)11-1-4-15(18-9-11)21-6-5-17-10-21/h1,4-6,9-10,12-14,19H,2-3,7-8H2,(H,20,22). The number of hydrogen-bond donors (Lipinski definition) is 2. The summed E-state index contributed by atoms with van der Waals surface area (Å²) in [5, 5.41) is 6.74. The first-order chi connectivity index (χ1) is 10.8. The zero-order valence-corrected chi connectivity index (χ0v) is 12.3. The number of hydrogen-bond acceptors (Lipinski definition) is 4. The molecule has 1 amide bonds. The summed E-state index contributed by atoms with van der Waals surface area (Å²) >= 11 is 0. The summed E-state index contributed by atoms with van der Waals surface area (Å²) in [4.78, 5) is 20.7. The van der Waals surface area contributed by atoms with Crippen molar-refractivity contribution in [1.82, 2.24) is 25.2 Å². The summed E-state index contributed by atoms with van der Waals surface area (Å²) in [7, 11) is 0. The molecule has 2 bridgehead atoms. The number of amides is 1. The highest BCUT2D eigenvalue weighted by atomic mass is 16.1. The number of fused-ring (bicyclic) bond motifs is 2. The maximum Gasteiger partial charge on any atom is 0.253 e. The molecule has 2 aromatic heterocycles. The first-order valence-electron chi connectivity index (χ1n) is 7.79. The van der Waals surface area contributed by atoms with Gasteiger partial charge in [-0.05, 0) is 37.8 Å². The fraction of sp³-hybridized carbons (Fsp3) is 0.438. The molecule has 0 aliphatic carbocycles. The van der Waals surface area contributed by atoms with Gasteiger partial charge >= 0.3 is 0 Å². The van der Waals surface area contributed by atoms with Gasteiger partial charge in [0.05, 0.1) is 5.56 Å². The van der Waals surface area contributed by atoms with Crippen LogP contribution in [-0.2, 0) is 0 Å². The van der Waals surface area contributed by atoms with Gasteiger partial charge in [-0.3, -0.25) is 9.36 Å². The molecule has 0 saturated carbocycles. The molecule has 0 aromatic carbocycles. The van der Waals surface area contributed by atoms with Crippen LogP contribution >= 0.6 is 0 Å². The van der Waals surface area contributed by atoms with E-state index in [1.54, 1.807) is 18.7 Å². The van der Waals surface area contributed by atoms with Crippen LogP contribution in [0.1, 0.15) is 36.0 Å². The van der Waals surface area contributed by atoms with E-state index in [4.69, 9.17) is 0 Å². The molecule has 0 spiro atoms. The number of carbonyl (C=O) groups is 1. The molecular weight excluding hydrogens is 278 g/mol. The second-order valence-corrected chi connectivity index (χ2v) is 6.15. The molecule has 0 radical (unpaired) electrons. The van der Waals surface area contributed by atoms with Gasteiger partial charge in [0.1, 0.15) is 12.1 Å². The lowest BCUT2D eigenvalue weighted by molar-refractivity contribution is 0.0923. The fourth-order valence-corrected chi connectivity index (χ4v) is 3.51. The van der Waals surface area contributed by atoms with Crippen molar-refractivity contribution in [2.75, 3.05) is 0 Å². The van der Waals surface area contributed by atoms with Crippen molar-refractivity contribution >= 4 is 5.91 Å². The van der Waals surface area contributed by atoms with Gasteiger partial charge in [-0.2, -0.15) is 0 Å². The normalized spacial score (nSPS) is 26.8. The van der Waals surface area contributed by atoms with Gasteiger partial charge in [-0.25, -0.2) is 9.97 Å². The van der Waals surface area contributed by atoms with Crippen LogP contribution in [0.3, 0.4) is 0 Å². The Bertz CT molecular complexity index is 640. The number of carbonyl (C=O) groups excluding carboxylic acids is 1. The second-order valence-electron chi connectivity index (χ2n) is 6.15. The van der Waals surface area contributed by atoms with Gasteiger partial charge in [0.2, 0.25) is 0 Å². The topological polar surface area (TPSA) is 71.8 Å². The predicted octanol–water partition coefficient (Wildman–Crippen LogP) is 1.28. The summed E-state index contributed by atoms with van der Waals surface area (Å²) in [5.41, 5.74) is 0.606. The van der Waals surface area contributed by atoms with Crippen LogP contribution in [0.4, 0.5) is 0 Å². The Kier molecular flexibility index (Phi) is 3.38. The number of nitrogens with zero attached hydrogens (tertiary/aromatic N) is 3. The number of aromatic nitrogens is 3. The summed E-state index contributed by atoms with van der Waals surface area (Å²) in [5.74, 6) is 0.727. The third-order valence-electron chi connectivity index (χ3n) is 4.59. The average molecular weight is 297 g/mol. The van der Waals surface area contributed by atoms with Gasteiger partial charge in [-0.15, -0.1) is 0 Å². The lowest BCUT2D eigenvalue weighted by atomic mass is 9.99. The molecule has 4 heterocycles. The highest BCUT2D eigenvalue weighted by Gasteiger charge is 2.34.